The minimum atomic E-state index is -1.64. The van der Waals surface area contributed by atoms with Crippen molar-refractivity contribution in [2.24, 2.45) is 5.92 Å². The van der Waals surface area contributed by atoms with Crippen molar-refractivity contribution in [3.63, 3.8) is 0 Å². The van der Waals surface area contributed by atoms with Crippen molar-refractivity contribution in [3.05, 3.63) is 0 Å². The van der Waals surface area contributed by atoms with Crippen molar-refractivity contribution in [1.29, 1.82) is 0 Å². The fourth-order valence-electron chi connectivity index (χ4n) is 2.84. The van der Waals surface area contributed by atoms with Crippen LogP contribution in [0.2, 0.25) is 18.1 Å². The first kappa shape index (κ1) is 18.6. The van der Waals surface area contributed by atoms with Gasteiger partial charge in [0.25, 0.3) is 0 Å². The van der Waals surface area contributed by atoms with Crippen molar-refractivity contribution in [1.82, 2.24) is 0 Å². The van der Waals surface area contributed by atoms with Crippen LogP contribution in [0.25, 0.3) is 0 Å². The third-order valence-electron chi connectivity index (χ3n) is 5.36. The van der Waals surface area contributed by atoms with E-state index in [0.29, 0.717) is 0 Å². The van der Waals surface area contributed by atoms with Gasteiger partial charge in [0.1, 0.15) is 12.9 Å². The third kappa shape index (κ3) is 3.83. The number of hydrogen-bond donors (Lipinski definition) is 0. The van der Waals surface area contributed by atoms with Crippen LogP contribution >= 0.6 is 15.9 Å². The van der Waals surface area contributed by atoms with E-state index in [9.17, 15) is 4.79 Å². The molecule has 1 saturated carbocycles. The van der Waals surface area contributed by atoms with E-state index in [1.54, 1.807) is 0 Å². The molecule has 128 valence electrons. The second kappa shape index (κ2) is 7.01. The van der Waals surface area contributed by atoms with Gasteiger partial charge in [0.15, 0.2) is 14.1 Å². The van der Waals surface area contributed by atoms with Crippen LogP contribution in [-0.2, 0) is 18.7 Å². The highest BCUT2D eigenvalue weighted by Gasteiger charge is 2.52. The van der Waals surface area contributed by atoms with Crippen LogP contribution in [0.3, 0.4) is 0 Å². The predicted molar refractivity (Wildman–Crippen MR) is 92.8 cm³/mol. The standard InChI is InChI=1S/C16H29BrO4Si/c1-16(2,3)22(4,5)21-9-7-6-8-11-12(17)13(18)15-14(11)19-10-20-15/h11-12,14-15H,6-10H2,1-5H3/t11?,12?,14-,15+/m1/s1. The van der Waals surface area contributed by atoms with Crippen LogP contribution in [0.15, 0.2) is 0 Å². The molecule has 22 heavy (non-hydrogen) atoms. The largest absolute Gasteiger partial charge is 0.417 e. The van der Waals surface area contributed by atoms with Crippen LogP contribution in [0.5, 0.6) is 0 Å². The normalized spacial score (nSPS) is 32.5. The topological polar surface area (TPSA) is 44.8 Å². The second-order valence-corrected chi connectivity index (χ2v) is 13.7. The van der Waals surface area contributed by atoms with Gasteiger partial charge in [-0.1, -0.05) is 43.1 Å². The molecule has 1 aliphatic carbocycles. The van der Waals surface area contributed by atoms with Gasteiger partial charge in [-0.25, -0.2) is 0 Å². The molecule has 2 fully saturated rings. The smallest absolute Gasteiger partial charge is 0.191 e. The molecule has 6 heteroatoms. The Bertz CT molecular complexity index is 407. The van der Waals surface area contributed by atoms with E-state index in [2.05, 4.69) is 49.8 Å². The minimum absolute atomic E-state index is 0.0572. The molecule has 0 amide bonds. The summed E-state index contributed by atoms with van der Waals surface area (Å²) in [5.41, 5.74) is 0. The molecule has 0 N–H and O–H groups in total. The molecule has 1 aliphatic heterocycles. The van der Waals surface area contributed by atoms with Gasteiger partial charge < -0.3 is 13.9 Å². The van der Waals surface area contributed by atoms with Crippen molar-refractivity contribution in [3.8, 4) is 0 Å². The van der Waals surface area contributed by atoms with E-state index in [1.807, 2.05) is 0 Å². The molecule has 0 bridgehead atoms. The highest BCUT2D eigenvalue weighted by atomic mass is 79.9. The molecule has 0 aromatic heterocycles. The molecular formula is C16H29BrO4Si. The molecule has 0 aromatic rings. The maximum absolute atomic E-state index is 12.1. The zero-order valence-electron chi connectivity index (χ0n) is 14.4. The van der Waals surface area contributed by atoms with E-state index < -0.39 is 8.32 Å². The minimum Gasteiger partial charge on any atom is -0.417 e. The van der Waals surface area contributed by atoms with Crippen molar-refractivity contribution in [2.75, 3.05) is 13.4 Å². The van der Waals surface area contributed by atoms with Crippen LogP contribution < -0.4 is 0 Å². The summed E-state index contributed by atoms with van der Waals surface area (Å²) in [6.07, 6.45) is 2.67. The first-order valence-corrected chi connectivity index (χ1v) is 12.0. The fourth-order valence-corrected chi connectivity index (χ4v) is 4.75. The lowest BCUT2D eigenvalue weighted by Crippen LogP contribution is -2.41. The van der Waals surface area contributed by atoms with Gasteiger partial charge in [-0.15, -0.1) is 0 Å². The molecule has 0 aromatic carbocycles. The monoisotopic (exact) mass is 392 g/mol. The summed E-state index contributed by atoms with van der Waals surface area (Å²) in [5, 5.41) is 0.258. The van der Waals surface area contributed by atoms with Crippen LogP contribution in [-0.4, -0.2) is 44.5 Å². The van der Waals surface area contributed by atoms with E-state index in [4.69, 9.17) is 13.9 Å². The number of fused-ring (bicyclic) bond motifs is 1. The Balaban J connectivity index is 1.72. The molecule has 2 rings (SSSR count). The maximum Gasteiger partial charge on any atom is 0.191 e. The second-order valence-electron chi connectivity index (χ2n) is 7.91. The van der Waals surface area contributed by atoms with Gasteiger partial charge in [-0.2, -0.15) is 0 Å². The molecular weight excluding hydrogens is 364 g/mol. The summed E-state index contributed by atoms with van der Waals surface area (Å²) >= 11 is 3.52. The summed E-state index contributed by atoms with van der Waals surface area (Å²) in [7, 11) is -1.64. The number of alkyl halides is 1. The quantitative estimate of drug-likeness (QED) is 0.390. The lowest BCUT2D eigenvalue weighted by molar-refractivity contribution is -0.125. The Morgan fingerprint density at radius 1 is 1.27 bits per heavy atom. The van der Waals surface area contributed by atoms with Crippen molar-refractivity contribution < 1.29 is 18.7 Å². The molecule has 1 heterocycles. The average Bonchev–Trinajstić information content (AvgIpc) is 2.95. The number of ether oxygens (including phenoxy) is 2. The van der Waals surface area contributed by atoms with E-state index in [1.165, 1.54) is 0 Å². The summed E-state index contributed by atoms with van der Waals surface area (Å²) in [6, 6.07) is 0. The maximum atomic E-state index is 12.1. The average molecular weight is 393 g/mol. The van der Waals surface area contributed by atoms with Crippen molar-refractivity contribution >= 4 is 30.0 Å². The summed E-state index contributed by atoms with van der Waals surface area (Å²) in [4.78, 5) is 11.9. The van der Waals surface area contributed by atoms with Crippen LogP contribution in [0.1, 0.15) is 40.0 Å². The molecule has 2 unspecified atom stereocenters. The zero-order valence-corrected chi connectivity index (χ0v) is 16.9. The number of Topliss-reactive ketones (excluding diaryl/α,β-unsaturated/α-hetero) is 1. The summed E-state index contributed by atoms with van der Waals surface area (Å²) in [5.74, 6) is 0.373. The highest BCUT2D eigenvalue weighted by Crippen LogP contribution is 2.40. The lowest BCUT2D eigenvalue weighted by atomic mass is 9.98. The number of carbonyl (C=O) groups is 1. The lowest BCUT2D eigenvalue weighted by Gasteiger charge is -2.36. The molecule has 0 radical (unpaired) electrons. The molecule has 1 saturated heterocycles. The Kier molecular flexibility index (Phi) is 5.92. The Morgan fingerprint density at radius 3 is 2.59 bits per heavy atom. The number of unbranched alkanes of at least 4 members (excludes halogenated alkanes) is 1. The first-order chi connectivity index (χ1) is 10.1. The van der Waals surface area contributed by atoms with E-state index in [0.717, 1.165) is 25.9 Å². The SMILES string of the molecule is CC(C)(C)[Si](C)(C)OCCCCC1C(Br)C(=O)[C@@H]2OCO[C@H]12. The summed E-state index contributed by atoms with van der Waals surface area (Å²) in [6.45, 7) is 12.4. The van der Waals surface area contributed by atoms with Gasteiger partial charge in [0, 0.05) is 12.5 Å². The molecule has 4 nitrogen and oxygen atoms in total. The van der Waals surface area contributed by atoms with Gasteiger partial charge in [0.2, 0.25) is 0 Å². The number of ketones is 1. The number of halogens is 1. The summed E-state index contributed by atoms with van der Waals surface area (Å²) < 4.78 is 17.2. The molecule has 0 spiro atoms. The number of rotatable bonds is 6. The van der Waals surface area contributed by atoms with Gasteiger partial charge in [-0.05, 0) is 31.0 Å². The highest BCUT2D eigenvalue weighted by molar-refractivity contribution is 9.10. The van der Waals surface area contributed by atoms with Gasteiger partial charge in [0.05, 0.1) is 10.9 Å². The van der Waals surface area contributed by atoms with Crippen LogP contribution in [0.4, 0.5) is 0 Å². The zero-order chi connectivity index (χ0) is 16.5. The Hall–Kier alpha value is 0.247. The van der Waals surface area contributed by atoms with Crippen molar-refractivity contribution in [2.45, 2.75) is 75.2 Å². The fraction of sp³-hybridized carbons (Fsp3) is 0.938. The number of hydrogen-bond acceptors (Lipinski definition) is 4. The Labute approximate surface area is 143 Å². The van der Waals surface area contributed by atoms with E-state index in [-0.39, 0.29) is 40.6 Å². The Morgan fingerprint density at radius 2 is 1.95 bits per heavy atom. The van der Waals surface area contributed by atoms with Gasteiger partial charge in [-0.3, -0.25) is 4.79 Å². The third-order valence-corrected chi connectivity index (χ3v) is 11.0. The van der Waals surface area contributed by atoms with E-state index >= 15 is 0 Å². The molecule has 4 atom stereocenters. The van der Waals surface area contributed by atoms with Crippen LogP contribution in [0, 0.1) is 5.92 Å². The number of carbonyl (C=O) groups excluding carboxylic acids is 1. The molecule has 2 aliphatic rings. The van der Waals surface area contributed by atoms with Gasteiger partial charge >= 0.3 is 0 Å². The predicted octanol–water partition coefficient (Wildman–Crippen LogP) is 3.88. The first-order valence-electron chi connectivity index (χ1n) is 8.20.